The van der Waals surface area contributed by atoms with Crippen LogP contribution in [0.4, 0.5) is 5.69 Å². The number of hydrogen-bond acceptors (Lipinski definition) is 4. The third-order valence-corrected chi connectivity index (χ3v) is 3.66. The third-order valence-electron chi connectivity index (χ3n) is 3.17. The van der Waals surface area contributed by atoms with Crippen LogP contribution in [0.2, 0.25) is 0 Å². The van der Waals surface area contributed by atoms with E-state index in [2.05, 4.69) is 44.2 Å². The number of anilines is 1. The molecule has 1 heterocycles. The molecule has 0 aliphatic heterocycles. The Bertz CT molecular complexity index is 790. The molecule has 0 unspecified atom stereocenters. The molecule has 3 rings (SSSR count). The van der Waals surface area contributed by atoms with Crippen LogP contribution < -0.4 is 5.01 Å². The van der Waals surface area contributed by atoms with Crippen molar-refractivity contribution in [2.45, 2.75) is 6.54 Å². The molecule has 2 aromatic carbocycles. The van der Waals surface area contributed by atoms with Gasteiger partial charge in [-0.25, -0.2) is 4.98 Å². The topological polar surface area (TPSA) is 57.7 Å². The van der Waals surface area contributed by atoms with Gasteiger partial charge in [-0.2, -0.15) is 10.1 Å². The van der Waals surface area contributed by atoms with E-state index in [0.717, 1.165) is 15.7 Å². The summed E-state index contributed by atoms with van der Waals surface area (Å²) in [5.41, 5.74) is 2.70. The van der Waals surface area contributed by atoms with Crippen LogP contribution in [-0.2, 0) is 6.54 Å². The lowest BCUT2D eigenvalue weighted by molar-refractivity contribution is 0.610. The summed E-state index contributed by atoms with van der Waals surface area (Å²) in [6.07, 6.45) is 3.15. The van der Waals surface area contributed by atoms with Gasteiger partial charge in [-0.15, -0.1) is 5.10 Å². The van der Waals surface area contributed by atoms with E-state index in [9.17, 15) is 0 Å². The molecule has 0 aliphatic carbocycles. The van der Waals surface area contributed by atoms with E-state index < -0.39 is 0 Å². The number of aromatic nitrogens is 3. The molecule has 0 atom stereocenters. The minimum atomic E-state index is 0.629. The number of hydrogen-bond donors (Lipinski definition) is 0. The number of nitriles is 1. The monoisotopic (exact) mass is 353 g/mol. The molecule has 5 nitrogen and oxygen atoms in total. The average molecular weight is 354 g/mol. The first kappa shape index (κ1) is 14.3. The summed E-state index contributed by atoms with van der Waals surface area (Å²) in [6.45, 7) is 0.634. The largest absolute Gasteiger partial charge is 0.260 e. The first-order valence-corrected chi connectivity index (χ1v) is 7.42. The fraction of sp³-hybridized carbons (Fsp3) is 0.0625. The number of rotatable bonds is 4. The predicted molar refractivity (Wildman–Crippen MR) is 86.9 cm³/mol. The average Bonchev–Trinajstić information content (AvgIpc) is 3.07. The fourth-order valence-corrected chi connectivity index (χ4v) is 2.57. The number of benzene rings is 2. The first-order chi connectivity index (χ1) is 10.8. The van der Waals surface area contributed by atoms with Crippen LogP contribution >= 0.6 is 15.9 Å². The summed E-state index contributed by atoms with van der Waals surface area (Å²) in [5, 5.41) is 15.1. The Morgan fingerprint density at radius 2 is 2.00 bits per heavy atom. The van der Waals surface area contributed by atoms with Gasteiger partial charge in [0, 0.05) is 4.47 Å². The normalized spacial score (nSPS) is 10.2. The summed E-state index contributed by atoms with van der Waals surface area (Å²) in [6, 6.07) is 17.6. The van der Waals surface area contributed by atoms with Gasteiger partial charge >= 0.3 is 0 Å². The standard InChI is InChI=1S/C16H12BrN5/c17-15-3-1-2-14(8-15)10-21(22-12-19-11-20-22)16-6-4-13(9-18)5-7-16/h1-8,11-12H,10H2. The molecule has 0 saturated heterocycles. The van der Waals surface area contributed by atoms with Crippen LogP contribution in [0.1, 0.15) is 11.1 Å². The fourth-order valence-electron chi connectivity index (χ4n) is 2.12. The Balaban J connectivity index is 1.95. The third kappa shape index (κ3) is 3.15. The van der Waals surface area contributed by atoms with E-state index in [1.807, 2.05) is 29.3 Å². The molecule has 0 bridgehead atoms. The molecule has 22 heavy (non-hydrogen) atoms. The maximum Gasteiger partial charge on any atom is 0.139 e. The highest BCUT2D eigenvalue weighted by Gasteiger charge is 2.10. The van der Waals surface area contributed by atoms with Gasteiger partial charge in [0.05, 0.1) is 23.9 Å². The van der Waals surface area contributed by atoms with Crippen LogP contribution in [-0.4, -0.2) is 14.9 Å². The molecule has 0 spiro atoms. The van der Waals surface area contributed by atoms with Crippen molar-refractivity contribution in [3.63, 3.8) is 0 Å². The van der Waals surface area contributed by atoms with Crippen molar-refractivity contribution in [3.8, 4) is 6.07 Å². The Labute approximate surface area is 136 Å². The molecule has 3 aromatic rings. The lowest BCUT2D eigenvalue weighted by Crippen LogP contribution is -2.29. The number of nitrogens with zero attached hydrogens (tertiary/aromatic N) is 5. The zero-order chi connectivity index (χ0) is 15.4. The highest BCUT2D eigenvalue weighted by atomic mass is 79.9. The van der Waals surface area contributed by atoms with E-state index in [0.29, 0.717) is 12.1 Å². The van der Waals surface area contributed by atoms with E-state index in [1.54, 1.807) is 23.3 Å². The van der Waals surface area contributed by atoms with E-state index in [-0.39, 0.29) is 0 Å². The Morgan fingerprint density at radius 1 is 1.18 bits per heavy atom. The van der Waals surface area contributed by atoms with E-state index in [1.165, 1.54) is 6.33 Å². The second-order valence-corrected chi connectivity index (χ2v) is 5.58. The van der Waals surface area contributed by atoms with Crippen molar-refractivity contribution in [2.24, 2.45) is 0 Å². The van der Waals surface area contributed by atoms with Gasteiger partial charge in [-0.1, -0.05) is 28.1 Å². The maximum atomic E-state index is 8.92. The van der Waals surface area contributed by atoms with Gasteiger partial charge in [-0.3, -0.25) is 5.01 Å². The lowest BCUT2D eigenvalue weighted by atomic mass is 10.2. The quantitative estimate of drug-likeness (QED) is 0.721. The van der Waals surface area contributed by atoms with Crippen LogP contribution in [0.5, 0.6) is 0 Å². The molecule has 0 fully saturated rings. The van der Waals surface area contributed by atoms with Gasteiger partial charge < -0.3 is 0 Å². The molecule has 0 N–H and O–H groups in total. The van der Waals surface area contributed by atoms with Crippen molar-refractivity contribution in [2.75, 3.05) is 5.01 Å². The van der Waals surface area contributed by atoms with Crippen molar-refractivity contribution in [3.05, 3.63) is 76.8 Å². The van der Waals surface area contributed by atoms with E-state index >= 15 is 0 Å². The number of halogens is 1. The highest BCUT2D eigenvalue weighted by Crippen LogP contribution is 2.20. The van der Waals surface area contributed by atoms with Crippen LogP contribution in [0.25, 0.3) is 0 Å². The van der Waals surface area contributed by atoms with E-state index in [4.69, 9.17) is 5.26 Å². The van der Waals surface area contributed by atoms with Crippen molar-refractivity contribution < 1.29 is 0 Å². The lowest BCUT2D eigenvalue weighted by Gasteiger charge is -2.24. The van der Waals surface area contributed by atoms with Crippen LogP contribution in [0.3, 0.4) is 0 Å². The Morgan fingerprint density at radius 3 is 2.64 bits per heavy atom. The Hall–Kier alpha value is -2.65. The molecule has 0 radical (unpaired) electrons. The summed E-state index contributed by atoms with van der Waals surface area (Å²) >= 11 is 3.49. The van der Waals surface area contributed by atoms with Gasteiger partial charge in [-0.05, 0) is 42.0 Å². The van der Waals surface area contributed by atoms with Crippen LogP contribution in [0.15, 0.2) is 65.7 Å². The SMILES string of the molecule is N#Cc1ccc(N(Cc2cccc(Br)c2)n2cncn2)cc1. The first-order valence-electron chi connectivity index (χ1n) is 6.63. The minimum absolute atomic E-state index is 0.629. The highest BCUT2D eigenvalue weighted by molar-refractivity contribution is 9.10. The molecule has 0 saturated carbocycles. The Kier molecular flexibility index (Phi) is 4.17. The summed E-state index contributed by atoms with van der Waals surface area (Å²) in [5.74, 6) is 0. The second kappa shape index (κ2) is 6.41. The maximum absolute atomic E-state index is 8.92. The molecular formula is C16H12BrN5. The van der Waals surface area contributed by atoms with Crippen molar-refractivity contribution in [1.82, 2.24) is 14.9 Å². The summed E-state index contributed by atoms with van der Waals surface area (Å²) < 4.78 is 1.03. The zero-order valence-electron chi connectivity index (χ0n) is 11.6. The molecule has 6 heteroatoms. The second-order valence-electron chi connectivity index (χ2n) is 4.66. The summed E-state index contributed by atoms with van der Waals surface area (Å²) in [7, 11) is 0. The van der Waals surface area contributed by atoms with Gasteiger partial charge in [0.15, 0.2) is 0 Å². The molecule has 108 valence electrons. The molecule has 0 amide bonds. The molecular weight excluding hydrogens is 342 g/mol. The smallest absolute Gasteiger partial charge is 0.139 e. The van der Waals surface area contributed by atoms with Crippen molar-refractivity contribution in [1.29, 1.82) is 5.26 Å². The molecule has 0 aliphatic rings. The minimum Gasteiger partial charge on any atom is -0.260 e. The van der Waals surface area contributed by atoms with Gasteiger partial charge in [0.25, 0.3) is 0 Å². The van der Waals surface area contributed by atoms with Crippen LogP contribution in [0, 0.1) is 11.3 Å². The van der Waals surface area contributed by atoms with Gasteiger partial charge in [0.1, 0.15) is 12.7 Å². The summed E-state index contributed by atoms with van der Waals surface area (Å²) in [4.78, 5) is 5.69. The van der Waals surface area contributed by atoms with Crippen molar-refractivity contribution >= 4 is 21.6 Å². The zero-order valence-corrected chi connectivity index (χ0v) is 13.2. The van der Waals surface area contributed by atoms with Gasteiger partial charge in [0.2, 0.25) is 0 Å². The molecule has 1 aromatic heterocycles. The predicted octanol–water partition coefficient (Wildman–Crippen LogP) is 3.38.